The van der Waals surface area contributed by atoms with Crippen LogP contribution in [0.3, 0.4) is 0 Å². The van der Waals surface area contributed by atoms with E-state index in [0.717, 1.165) is 5.56 Å². The van der Waals surface area contributed by atoms with E-state index in [4.69, 9.17) is 49.9 Å². The Morgan fingerprint density at radius 2 is 1.70 bits per heavy atom. The third kappa shape index (κ3) is 7.29. The largest absolute Gasteiger partial charge is 0.482 e. The molecular weight excluding hydrogens is 429 g/mol. The van der Waals surface area contributed by atoms with Gasteiger partial charge in [0, 0.05) is 11.3 Å². The number of esters is 1. The zero-order valence-electron chi connectivity index (χ0n) is 16.9. The molecule has 1 atom stereocenters. The molecule has 0 aliphatic heterocycles. The number of carbonyl (C=O) groups is 1. The number of hydrogen-bond donors (Lipinski definition) is 4. The number of nitrogens with zero attached hydrogens (tertiary/aromatic N) is 1. The van der Waals surface area contributed by atoms with Crippen molar-refractivity contribution in [3.63, 3.8) is 0 Å². The van der Waals surface area contributed by atoms with Gasteiger partial charge in [-0.1, -0.05) is 35.3 Å². The molecule has 0 fully saturated rings. The van der Waals surface area contributed by atoms with Gasteiger partial charge in [0.2, 0.25) is 0 Å². The van der Waals surface area contributed by atoms with Crippen LogP contribution in [0, 0.1) is 0 Å². The molecule has 2 aromatic rings. The summed E-state index contributed by atoms with van der Waals surface area (Å²) in [6, 6.07) is 10.3. The van der Waals surface area contributed by atoms with Crippen molar-refractivity contribution in [3.8, 4) is 16.9 Å². The Balaban J connectivity index is 2.10. The van der Waals surface area contributed by atoms with Gasteiger partial charge >= 0.3 is 5.97 Å². The normalized spacial score (nSPS) is 12.1. The molecule has 2 rings (SSSR count). The van der Waals surface area contributed by atoms with Crippen molar-refractivity contribution in [3.05, 3.63) is 46.4 Å². The summed E-state index contributed by atoms with van der Waals surface area (Å²) < 4.78 is 10.7. The molecule has 0 spiro atoms. The summed E-state index contributed by atoms with van der Waals surface area (Å²) in [6.07, 6.45) is -0.839. The molecule has 0 aliphatic carbocycles. The van der Waals surface area contributed by atoms with Crippen LogP contribution in [0.1, 0.15) is 20.8 Å². The van der Waals surface area contributed by atoms with Crippen LogP contribution in [0.5, 0.6) is 5.75 Å². The van der Waals surface area contributed by atoms with Crippen molar-refractivity contribution in [2.24, 2.45) is 22.2 Å². The summed E-state index contributed by atoms with van der Waals surface area (Å²) in [6.45, 7) is 5.20. The van der Waals surface area contributed by atoms with Crippen LogP contribution in [-0.4, -0.2) is 30.4 Å². The van der Waals surface area contributed by atoms with Crippen LogP contribution < -0.4 is 27.3 Å². The van der Waals surface area contributed by atoms with E-state index in [0.29, 0.717) is 27.0 Å². The molecule has 0 heterocycles. The summed E-state index contributed by atoms with van der Waals surface area (Å²) in [4.78, 5) is 15.5. The monoisotopic (exact) mass is 453 g/mol. The van der Waals surface area contributed by atoms with Gasteiger partial charge < -0.3 is 26.3 Å². The maximum Gasteiger partial charge on any atom is 0.344 e. The lowest BCUT2D eigenvalue weighted by atomic mass is 10.0. The van der Waals surface area contributed by atoms with E-state index in [1.807, 2.05) is 0 Å². The number of halogens is 2. The SMILES string of the molecule is CC(C)(C)OC(=O)COc1ccc(-c2c(Cl)cc(NC(N)N=C(N)N)cc2Cl)cc1. The van der Waals surface area contributed by atoms with Crippen LogP contribution >= 0.6 is 23.2 Å². The average molecular weight is 454 g/mol. The van der Waals surface area contributed by atoms with Gasteiger partial charge in [-0.3, -0.25) is 5.73 Å². The number of aliphatic imine (C=N–C) groups is 1. The van der Waals surface area contributed by atoms with Crippen LogP contribution in [0.25, 0.3) is 11.1 Å². The topological polar surface area (TPSA) is 138 Å². The third-order valence-corrected chi connectivity index (χ3v) is 4.16. The van der Waals surface area contributed by atoms with Crippen molar-refractivity contribution in [1.82, 2.24) is 0 Å². The molecule has 0 bridgehead atoms. The molecule has 162 valence electrons. The molecule has 8 nitrogen and oxygen atoms in total. The number of nitrogens with two attached hydrogens (primary N) is 3. The zero-order chi connectivity index (χ0) is 22.5. The highest BCUT2D eigenvalue weighted by Crippen LogP contribution is 2.38. The summed E-state index contributed by atoms with van der Waals surface area (Å²) in [5, 5.41) is 3.70. The Labute approximate surface area is 185 Å². The number of benzene rings is 2. The van der Waals surface area contributed by atoms with E-state index >= 15 is 0 Å². The molecular formula is C20H25Cl2N5O3. The van der Waals surface area contributed by atoms with Crippen molar-refractivity contribution < 1.29 is 14.3 Å². The Hall–Kier alpha value is -2.68. The molecule has 0 aromatic heterocycles. The molecule has 0 saturated heterocycles. The van der Waals surface area contributed by atoms with Crippen LogP contribution in [0.4, 0.5) is 5.69 Å². The van der Waals surface area contributed by atoms with Gasteiger partial charge in [-0.15, -0.1) is 0 Å². The predicted molar refractivity (Wildman–Crippen MR) is 121 cm³/mol. The Morgan fingerprint density at radius 3 is 2.20 bits per heavy atom. The number of carbonyl (C=O) groups excluding carboxylic acids is 1. The van der Waals surface area contributed by atoms with E-state index in [9.17, 15) is 4.79 Å². The maximum atomic E-state index is 11.8. The summed E-state index contributed by atoms with van der Waals surface area (Å²) in [5.41, 5.74) is 17.8. The van der Waals surface area contributed by atoms with Crippen LogP contribution in [-0.2, 0) is 9.53 Å². The van der Waals surface area contributed by atoms with E-state index < -0.39 is 17.9 Å². The standard InChI is InChI=1S/C20H25Cl2N5O3/c1-20(2,3)30-16(28)10-29-13-6-4-11(5-7-13)17-14(21)8-12(9-15(17)22)26-19(25)27-18(23)24/h4-9,19,26H,10,25H2,1-3H3,(H4,23,24,27). The number of anilines is 1. The first-order valence-electron chi connectivity index (χ1n) is 8.99. The molecule has 0 amide bonds. The number of hydrogen-bond acceptors (Lipinski definition) is 6. The maximum absolute atomic E-state index is 11.8. The van der Waals surface area contributed by atoms with E-state index in [1.54, 1.807) is 57.2 Å². The lowest BCUT2D eigenvalue weighted by molar-refractivity contribution is -0.157. The first kappa shape index (κ1) is 23.6. The van der Waals surface area contributed by atoms with Crippen LogP contribution in [0.15, 0.2) is 41.4 Å². The number of rotatable bonds is 7. The second-order valence-electron chi connectivity index (χ2n) is 7.36. The van der Waals surface area contributed by atoms with Crippen molar-refractivity contribution in [2.45, 2.75) is 32.7 Å². The molecule has 7 N–H and O–H groups in total. The van der Waals surface area contributed by atoms with Gasteiger partial charge in [-0.2, -0.15) is 0 Å². The highest BCUT2D eigenvalue weighted by molar-refractivity contribution is 6.39. The predicted octanol–water partition coefficient (Wildman–Crippen LogP) is 3.31. The summed E-state index contributed by atoms with van der Waals surface area (Å²) in [7, 11) is 0. The number of guanidine groups is 1. The first-order chi connectivity index (χ1) is 13.9. The molecule has 30 heavy (non-hydrogen) atoms. The lowest BCUT2D eigenvalue weighted by Gasteiger charge is -2.19. The number of nitrogens with one attached hydrogen (secondary N) is 1. The number of ether oxygens (including phenoxy) is 2. The fourth-order valence-electron chi connectivity index (χ4n) is 2.53. The van der Waals surface area contributed by atoms with E-state index in [1.165, 1.54) is 0 Å². The molecule has 0 aliphatic rings. The van der Waals surface area contributed by atoms with Gasteiger partial charge in [0.15, 0.2) is 18.9 Å². The third-order valence-electron chi connectivity index (χ3n) is 3.56. The molecule has 2 aromatic carbocycles. The summed E-state index contributed by atoms with van der Waals surface area (Å²) in [5.74, 6) is -0.0733. The van der Waals surface area contributed by atoms with Crippen LogP contribution in [0.2, 0.25) is 10.0 Å². The highest BCUT2D eigenvalue weighted by atomic mass is 35.5. The van der Waals surface area contributed by atoms with Gasteiger partial charge in [-0.25, -0.2) is 9.79 Å². The second-order valence-corrected chi connectivity index (χ2v) is 8.17. The van der Waals surface area contributed by atoms with Gasteiger partial charge in [0.1, 0.15) is 11.4 Å². The molecule has 0 radical (unpaired) electrons. The lowest BCUT2D eigenvalue weighted by Crippen LogP contribution is -2.33. The van der Waals surface area contributed by atoms with Crippen molar-refractivity contribution in [2.75, 3.05) is 11.9 Å². The Morgan fingerprint density at radius 1 is 1.13 bits per heavy atom. The molecule has 1 unspecified atom stereocenters. The fourth-order valence-corrected chi connectivity index (χ4v) is 3.23. The van der Waals surface area contributed by atoms with Crippen molar-refractivity contribution >= 4 is 40.8 Å². The molecule has 10 heteroatoms. The smallest absolute Gasteiger partial charge is 0.344 e. The molecule has 0 saturated carbocycles. The zero-order valence-corrected chi connectivity index (χ0v) is 18.4. The highest BCUT2D eigenvalue weighted by Gasteiger charge is 2.17. The van der Waals surface area contributed by atoms with Gasteiger partial charge in [0.25, 0.3) is 0 Å². The minimum Gasteiger partial charge on any atom is -0.482 e. The second kappa shape index (κ2) is 9.88. The average Bonchev–Trinajstić information content (AvgIpc) is 2.58. The summed E-state index contributed by atoms with van der Waals surface area (Å²) >= 11 is 12.8. The first-order valence-corrected chi connectivity index (χ1v) is 9.75. The Bertz CT molecular complexity index is 900. The van der Waals surface area contributed by atoms with Crippen molar-refractivity contribution in [1.29, 1.82) is 0 Å². The van der Waals surface area contributed by atoms with Gasteiger partial charge in [-0.05, 0) is 50.6 Å². The minimum absolute atomic E-state index is 0.141. The fraction of sp³-hybridized carbons (Fsp3) is 0.300. The minimum atomic E-state index is -0.839. The Kier molecular flexibility index (Phi) is 7.77. The quantitative estimate of drug-likeness (QED) is 0.218. The van der Waals surface area contributed by atoms with Gasteiger partial charge in [0.05, 0.1) is 10.0 Å². The van der Waals surface area contributed by atoms with E-state index in [-0.39, 0.29) is 12.6 Å². The van der Waals surface area contributed by atoms with E-state index in [2.05, 4.69) is 10.3 Å².